The fourth-order valence-corrected chi connectivity index (χ4v) is 6.74. The van der Waals surface area contributed by atoms with Crippen LogP contribution in [0.15, 0.2) is 11.4 Å². The molecular weight excluding hydrogens is 471 g/mol. The third-order valence-corrected chi connectivity index (χ3v) is 8.77. The fourth-order valence-electron chi connectivity index (χ4n) is 5.72. The third kappa shape index (κ3) is 3.58. The molecule has 0 saturated carbocycles. The minimum Gasteiger partial charge on any atom is -0.465 e. The Morgan fingerprint density at radius 3 is 2.50 bits per heavy atom. The first kappa shape index (κ1) is 23.2. The summed E-state index contributed by atoms with van der Waals surface area (Å²) in [6, 6.07) is 1.46. The predicted molar refractivity (Wildman–Crippen MR) is 121 cm³/mol. The molecule has 2 aromatic rings. The van der Waals surface area contributed by atoms with E-state index >= 15 is 0 Å². The van der Waals surface area contributed by atoms with Gasteiger partial charge in [-0.1, -0.05) is 0 Å². The molecule has 1 atom stereocenters. The zero-order valence-electron chi connectivity index (χ0n) is 18.9. The van der Waals surface area contributed by atoms with Crippen LogP contribution in [0.5, 0.6) is 0 Å². The van der Waals surface area contributed by atoms with Crippen LogP contribution < -0.4 is 10.2 Å². The first-order chi connectivity index (χ1) is 16.0. The average Bonchev–Trinajstić information content (AvgIpc) is 3.19. The molecule has 5 heterocycles. The van der Waals surface area contributed by atoms with E-state index in [2.05, 4.69) is 15.2 Å². The van der Waals surface area contributed by atoms with Gasteiger partial charge < -0.3 is 20.2 Å². The fraction of sp³-hybridized carbons (Fsp3) is 0.591. The van der Waals surface area contributed by atoms with Crippen molar-refractivity contribution < 1.29 is 27.9 Å². The van der Waals surface area contributed by atoms with Gasteiger partial charge in [0.15, 0.2) is 0 Å². The number of hydrogen-bond donors (Lipinski definition) is 2. The summed E-state index contributed by atoms with van der Waals surface area (Å²) in [5, 5.41) is 13.0. The number of rotatable bonds is 3. The topological polar surface area (TPSA) is 89.0 Å². The van der Waals surface area contributed by atoms with Crippen molar-refractivity contribution in [2.75, 3.05) is 45.2 Å². The number of hydrogen-bond acceptors (Lipinski definition) is 6. The van der Waals surface area contributed by atoms with E-state index < -0.39 is 23.7 Å². The molecule has 0 aromatic carbocycles. The first-order valence-corrected chi connectivity index (χ1v) is 12.1. The van der Waals surface area contributed by atoms with Gasteiger partial charge in [0.2, 0.25) is 0 Å². The Morgan fingerprint density at radius 2 is 1.94 bits per heavy atom. The summed E-state index contributed by atoms with van der Waals surface area (Å²) in [5.74, 6) is 0.192. The number of anilines is 1. The number of aromatic nitrogens is 1. The standard InChI is InChI=1S/C22H26F3N5O3S/c1-26-19(31)13-9-34-18-14(22(23,24)25)7-16(27-17(13)18)29-5-3-12(4-6-29)15-8-21(28(15)2)10-30(11-21)20(32)33/h7,9,12,15H,3-6,8,10-11H2,1-2H3,(H,26,31)(H,32,33). The summed E-state index contributed by atoms with van der Waals surface area (Å²) in [7, 11) is 3.48. The maximum Gasteiger partial charge on any atom is 0.417 e. The molecule has 2 aromatic heterocycles. The van der Waals surface area contributed by atoms with Crippen LogP contribution in [0.4, 0.5) is 23.8 Å². The van der Waals surface area contributed by atoms with Gasteiger partial charge in [0.25, 0.3) is 5.91 Å². The molecule has 1 spiro atoms. The number of likely N-dealkylation sites (N-methyl/N-ethyl adjacent to an activating group) is 1. The lowest BCUT2D eigenvalue weighted by Gasteiger charge is -2.66. The maximum absolute atomic E-state index is 13.8. The second-order valence-electron chi connectivity index (χ2n) is 9.50. The number of nitrogens with one attached hydrogen (secondary N) is 1. The van der Waals surface area contributed by atoms with Crippen LogP contribution in [-0.4, -0.2) is 83.7 Å². The summed E-state index contributed by atoms with van der Waals surface area (Å²) >= 11 is 0.883. The quantitative estimate of drug-likeness (QED) is 0.677. The highest BCUT2D eigenvalue weighted by molar-refractivity contribution is 7.17. The van der Waals surface area contributed by atoms with Crippen LogP contribution in [0.1, 0.15) is 35.2 Å². The smallest absolute Gasteiger partial charge is 0.417 e. The molecule has 12 heteroatoms. The lowest BCUT2D eigenvalue weighted by molar-refractivity contribution is -0.153. The molecule has 8 nitrogen and oxygen atoms in total. The van der Waals surface area contributed by atoms with Crippen molar-refractivity contribution in [2.45, 2.75) is 37.0 Å². The molecule has 0 bridgehead atoms. The van der Waals surface area contributed by atoms with Gasteiger partial charge in [-0.2, -0.15) is 13.2 Å². The number of fused-ring (bicyclic) bond motifs is 1. The van der Waals surface area contributed by atoms with Crippen molar-refractivity contribution in [3.8, 4) is 0 Å². The van der Waals surface area contributed by atoms with E-state index in [-0.39, 0.29) is 27.1 Å². The molecule has 0 radical (unpaired) electrons. The molecule has 1 unspecified atom stereocenters. The maximum atomic E-state index is 13.8. The van der Waals surface area contributed by atoms with Crippen LogP contribution in [0, 0.1) is 5.92 Å². The van der Waals surface area contributed by atoms with Crippen LogP contribution in [0.25, 0.3) is 10.2 Å². The van der Waals surface area contributed by atoms with Gasteiger partial charge in [0.05, 0.1) is 26.9 Å². The lowest BCUT2D eigenvalue weighted by Crippen LogP contribution is -2.80. The van der Waals surface area contributed by atoms with Crippen molar-refractivity contribution >= 4 is 39.4 Å². The lowest BCUT2D eigenvalue weighted by atomic mass is 9.67. The Balaban J connectivity index is 1.31. The normalized spacial score (nSPS) is 23.1. The van der Waals surface area contributed by atoms with Crippen LogP contribution in [0.3, 0.4) is 0 Å². The van der Waals surface area contributed by atoms with Gasteiger partial charge in [0.1, 0.15) is 5.82 Å². The summed E-state index contributed by atoms with van der Waals surface area (Å²) in [4.78, 5) is 33.4. The molecule has 3 aliphatic heterocycles. The third-order valence-electron chi connectivity index (χ3n) is 7.77. The summed E-state index contributed by atoms with van der Waals surface area (Å²) in [6.45, 7) is 2.23. The minimum atomic E-state index is -4.55. The highest BCUT2D eigenvalue weighted by Crippen LogP contribution is 2.47. The van der Waals surface area contributed by atoms with Crippen LogP contribution in [0.2, 0.25) is 0 Å². The summed E-state index contributed by atoms with van der Waals surface area (Å²) in [5.41, 5.74) is -0.570. The zero-order valence-corrected chi connectivity index (χ0v) is 19.7. The van der Waals surface area contributed by atoms with Crippen LogP contribution >= 0.6 is 11.3 Å². The molecule has 2 amide bonds. The van der Waals surface area contributed by atoms with Gasteiger partial charge in [-0.25, -0.2) is 9.78 Å². The van der Waals surface area contributed by atoms with Gasteiger partial charge in [-0.3, -0.25) is 9.69 Å². The van der Waals surface area contributed by atoms with Crippen molar-refractivity contribution in [2.24, 2.45) is 5.92 Å². The molecule has 3 aliphatic rings. The number of carbonyl (C=O) groups excluding carboxylic acids is 1. The van der Waals surface area contributed by atoms with E-state index in [0.29, 0.717) is 38.1 Å². The number of alkyl halides is 3. The zero-order chi connectivity index (χ0) is 24.4. The van der Waals surface area contributed by atoms with E-state index in [1.807, 2.05) is 11.9 Å². The highest BCUT2D eigenvalue weighted by Gasteiger charge is 2.59. The van der Waals surface area contributed by atoms with Gasteiger partial charge in [0, 0.05) is 44.6 Å². The molecule has 5 rings (SSSR count). The minimum absolute atomic E-state index is 0.0259. The number of pyridine rings is 1. The summed E-state index contributed by atoms with van der Waals surface area (Å²) in [6.07, 6.45) is -2.84. The Labute approximate surface area is 198 Å². The highest BCUT2D eigenvalue weighted by atomic mass is 32.1. The number of halogens is 3. The van der Waals surface area contributed by atoms with Crippen molar-refractivity contribution in [1.29, 1.82) is 0 Å². The second-order valence-corrected chi connectivity index (χ2v) is 10.4. The number of carboxylic acid groups (broad SMARTS) is 1. The number of nitrogens with zero attached hydrogens (tertiary/aromatic N) is 4. The average molecular weight is 498 g/mol. The Bertz CT molecular complexity index is 1140. The Kier molecular flexibility index (Phi) is 5.43. The Morgan fingerprint density at radius 1 is 1.26 bits per heavy atom. The molecule has 184 valence electrons. The SMILES string of the molecule is CNC(=O)c1csc2c(C(F)(F)F)cc(N3CCC(C4CC5(CN(C(=O)O)C5)N4C)CC3)nc12. The summed E-state index contributed by atoms with van der Waals surface area (Å²) < 4.78 is 41.4. The molecular formula is C22H26F3N5O3S. The number of thiophene rings is 1. The number of carbonyl (C=O) groups is 2. The molecule has 2 N–H and O–H groups in total. The van der Waals surface area contributed by atoms with Gasteiger partial charge in [-0.15, -0.1) is 11.3 Å². The number of piperidine rings is 1. The monoisotopic (exact) mass is 497 g/mol. The molecule has 3 fully saturated rings. The van der Waals surface area contributed by atoms with Crippen molar-refractivity contribution in [1.82, 2.24) is 20.1 Å². The number of amides is 2. The van der Waals surface area contributed by atoms with E-state index in [1.54, 1.807) is 0 Å². The first-order valence-electron chi connectivity index (χ1n) is 11.2. The Hall–Kier alpha value is -2.60. The second kappa shape index (κ2) is 7.98. The van der Waals surface area contributed by atoms with Crippen LogP contribution in [-0.2, 0) is 6.18 Å². The number of likely N-dealkylation sites (tertiary alicyclic amines) is 2. The molecule has 3 saturated heterocycles. The van der Waals surface area contributed by atoms with Gasteiger partial charge >= 0.3 is 12.3 Å². The predicted octanol–water partition coefficient (Wildman–Crippen LogP) is 3.33. The van der Waals surface area contributed by atoms with E-state index in [4.69, 9.17) is 5.11 Å². The van der Waals surface area contributed by atoms with Gasteiger partial charge in [-0.05, 0) is 38.3 Å². The van der Waals surface area contributed by atoms with E-state index in [9.17, 15) is 22.8 Å². The van der Waals surface area contributed by atoms with E-state index in [1.165, 1.54) is 17.3 Å². The van der Waals surface area contributed by atoms with E-state index in [0.717, 1.165) is 36.7 Å². The van der Waals surface area contributed by atoms with Crippen molar-refractivity contribution in [3.63, 3.8) is 0 Å². The molecule has 34 heavy (non-hydrogen) atoms. The van der Waals surface area contributed by atoms with Crippen molar-refractivity contribution in [3.05, 3.63) is 22.6 Å². The molecule has 0 aliphatic carbocycles. The largest absolute Gasteiger partial charge is 0.465 e.